The van der Waals surface area contributed by atoms with Crippen LogP contribution in [0.15, 0.2) is 18.2 Å². The number of rotatable bonds is 4. The Morgan fingerprint density at radius 2 is 1.82 bits per heavy atom. The van der Waals surface area contributed by atoms with E-state index in [2.05, 4.69) is 19.2 Å². The van der Waals surface area contributed by atoms with Crippen molar-refractivity contribution in [2.45, 2.75) is 34.1 Å². The second kappa shape index (κ2) is 8.76. The molecule has 0 spiro atoms. The van der Waals surface area contributed by atoms with Crippen LogP contribution in [0, 0.1) is 6.92 Å². The topological polar surface area (TPSA) is 49.3 Å². The number of nitrogens with one attached hydrogen (secondary N) is 1. The predicted molar refractivity (Wildman–Crippen MR) is 71.7 cm³/mol. The number of aryl methyl sites for hydroxylation is 2. The highest BCUT2D eigenvalue weighted by atomic mass is 16.4. The van der Waals surface area contributed by atoms with Crippen molar-refractivity contribution in [2.24, 2.45) is 0 Å². The SMILES string of the molecule is CCNCC.CCc1cc(C)ccc1C(=O)O. The highest BCUT2D eigenvalue weighted by Gasteiger charge is 2.07. The zero-order valence-corrected chi connectivity index (χ0v) is 11.2. The largest absolute Gasteiger partial charge is 0.478 e. The Hall–Kier alpha value is -1.35. The fourth-order valence-electron chi connectivity index (χ4n) is 1.47. The highest BCUT2D eigenvalue weighted by Crippen LogP contribution is 2.12. The second-order valence-corrected chi connectivity index (χ2v) is 3.78. The molecule has 0 fully saturated rings. The van der Waals surface area contributed by atoms with Crippen molar-refractivity contribution < 1.29 is 9.90 Å². The molecule has 0 aliphatic rings. The first-order chi connectivity index (χ1) is 8.06. The van der Waals surface area contributed by atoms with Gasteiger partial charge in [-0.05, 0) is 38.1 Å². The highest BCUT2D eigenvalue weighted by molar-refractivity contribution is 5.89. The van der Waals surface area contributed by atoms with Gasteiger partial charge < -0.3 is 10.4 Å². The number of hydrogen-bond acceptors (Lipinski definition) is 2. The molecule has 0 aromatic heterocycles. The Labute approximate surface area is 104 Å². The lowest BCUT2D eigenvalue weighted by Gasteiger charge is -2.03. The van der Waals surface area contributed by atoms with Crippen molar-refractivity contribution >= 4 is 5.97 Å². The molecule has 96 valence electrons. The first-order valence-corrected chi connectivity index (χ1v) is 6.10. The smallest absolute Gasteiger partial charge is 0.335 e. The van der Waals surface area contributed by atoms with E-state index in [4.69, 9.17) is 5.11 Å². The van der Waals surface area contributed by atoms with Crippen molar-refractivity contribution in [1.29, 1.82) is 0 Å². The van der Waals surface area contributed by atoms with Crippen LogP contribution < -0.4 is 5.32 Å². The lowest BCUT2D eigenvalue weighted by molar-refractivity contribution is 0.0695. The van der Waals surface area contributed by atoms with Gasteiger partial charge in [-0.2, -0.15) is 0 Å². The Bertz CT molecular complexity index is 346. The van der Waals surface area contributed by atoms with Crippen LogP contribution >= 0.6 is 0 Å². The van der Waals surface area contributed by atoms with Gasteiger partial charge in [0.2, 0.25) is 0 Å². The summed E-state index contributed by atoms with van der Waals surface area (Å²) in [6, 6.07) is 5.41. The van der Waals surface area contributed by atoms with Gasteiger partial charge in [-0.15, -0.1) is 0 Å². The van der Waals surface area contributed by atoms with E-state index in [0.29, 0.717) is 5.56 Å². The molecule has 0 saturated heterocycles. The molecule has 2 N–H and O–H groups in total. The van der Waals surface area contributed by atoms with Gasteiger partial charge in [-0.25, -0.2) is 4.79 Å². The molecule has 0 radical (unpaired) electrons. The molecule has 3 heteroatoms. The molecule has 0 saturated carbocycles. The Kier molecular flexibility index (Phi) is 8.07. The van der Waals surface area contributed by atoms with Crippen molar-refractivity contribution in [3.8, 4) is 0 Å². The van der Waals surface area contributed by atoms with Gasteiger partial charge in [-0.1, -0.05) is 38.5 Å². The molecule has 3 nitrogen and oxygen atoms in total. The number of aromatic carboxylic acids is 1. The molecule has 0 amide bonds. The van der Waals surface area contributed by atoms with Gasteiger partial charge >= 0.3 is 5.97 Å². The number of hydrogen-bond donors (Lipinski definition) is 2. The standard InChI is InChI=1S/C10H12O2.C4H11N/c1-3-8-6-7(2)4-5-9(8)10(11)12;1-3-5-4-2/h4-6H,3H2,1-2H3,(H,11,12);5H,3-4H2,1-2H3. The average molecular weight is 237 g/mol. The summed E-state index contributed by atoms with van der Waals surface area (Å²) < 4.78 is 0. The van der Waals surface area contributed by atoms with Crippen molar-refractivity contribution in [2.75, 3.05) is 13.1 Å². The molecule has 1 aromatic carbocycles. The number of carbonyl (C=O) groups is 1. The number of carboxylic acid groups (broad SMARTS) is 1. The van der Waals surface area contributed by atoms with Gasteiger partial charge in [0.05, 0.1) is 5.56 Å². The predicted octanol–water partition coefficient (Wildman–Crippen LogP) is 2.87. The fourth-order valence-corrected chi connectivity index (χ4v) is 1.47. The van der Waals surface area contributed by atoms with Crippen LogP contribution in [0.1, 0.15) is 42.3 Å². The molecule has 17 heavy (non-hydrogen) atoms. The van der Waals surface area contributed by atoms with Crippen LogP contribution in [0.5, 0.6) is 0 Å². The minimum Gasteiger partial charge on any atom is -0.478 e. The van der Waals surface area contributed by atoms with Crippen LogP contribution in [-0.4, -0.2) is 24.2 Å². The van der Waals surface area contributed by atoms with Gasteiger partial charge in [0, 0.05) is 0 Å². The molecule has 1 rings (SSSR count). The number of benzene rings is 1. The van der Waals surface area contributed by atoms with E-state index in [1.807, 2.05) is 26.0 Å². The van der Waals surface area contributed by atoms with Crippen molar-refractivity contribution in [3.05, 3.63) is 34.9 Å². The molecular weight excluding hydrogens is 214 g/mol. The maximum absolute atomic E-state index is 10.7. The van der Waals surface area contributed by atoms with Gasteiger partial charge in [-0.3, -0.25) is 0 Å². The molecule has 0 aliphatic carbocycles. The molecule has 0 atom stereocenters. The van der Waals surface area contributed by atoms with E-state index >= 15 is 0 Å². The van der Waals surface area contributed by atoms with Crippen LogP contribution in [0.3, 0.4) is 0 Å². The average Bonchev–Trinajstić information content (AvgIpc) is 2.30. The third-order valence-corrected chi connectivity index (χ3v) is 2.37. The Morgan fingerprint density at radius 3 is 2.18 bits per heavy atom. The van der Waals surface area contributed by atoms with E-state index in [1.54, 1.807) is 6.07 Å². The summed E-state index contributed by atoms with van der Waals surface area (Å²) in [5, 5.41) is 11.9. The third kappa shape index (κ3) is 6.07. The molecule has 0 heterocycles. The van der Waals surface area contributed by atoms with E-state index in [9.17, 15) is 4.79 Å². The molecule has 0 bridgehead atoms. The monoisotopic (exact) mass is 237 g/mol. The van der Waals surface area contributed by atoms with E-state index < -0.39 is 5.97 Å². The van der Waals surface area contributed by atoms with Crippen LogP contribution in [0.2, 0.25) is 0 Å². The summed E-state index contributed by atoms with van der Waals surface area (Å²) in [6.07, 6.45) is 0.767. The third-order valence-electron chi connectivity index (χ3n) is 2.37. The molecule has 1 aromatic rings. The van der Waals surface area contributed by atoms with Crippen molar-refractivity contribution in [1.82, 2.24) is 5.32 Å². The summed E-state index contributed by atoms with van der Waals surface area (Å²) in [6.45, 7) is 10.3. The van der Waals surface area contributed by atoms with E-state index in [0.717, 1.165) is 30.6 Å². The second-order valence-electron chi connectivity index (χ2n) is 3.78. The lowest BCUT2D eigenvalue weighted by Crippen LogP contribution is -2.09. The Balaban J connectivity index is 0.000000437. The molecular formula is C14H23NO2. The quantitative estimate of drug-likeness (QED) is 0.846. The molecule has 0 unspecified atom stereocenters. The lowest BCUT2D eigenvalue weighted by atomic mass is 10.0. The fraction of sp³-hybridized carbons (Fsp3) is 0.500. The van der Waals surface area contributed by atoms with E-state index in [1.165, 1.54) is 0 Å². The van der Waals surface area contributed by atoms with Crippen LogP contribution in [0.25, 0.3) is 0 Å². The summed E-state index contributed by atoms with van der Waals surface area (Å²) in [7, 11) is 0. The van der Waals surface area contributed by atoms with Crippen LogP contribution in [-0.2, 0) is 6.42 Å². The maximum atomic E-state index is 10.7. The minimum atomic E-state index is -0.841. The summed E-state index contributed by atoms with van der Waals surface area (Å²) >= 11 is 0. The molecule has 0 aliphatic heterocycles. The van der Waals surface area contributed by atoms with Gasteiger partial charge in [0.1, 0.15) is 0 Å². The van der Waals surface area contributed by atoms with E-state index in [-0.39, 0.29) is 0 Å². The van der Waals surface area contributed by atoms with Gasteiger partial charge in [0.25, 0.3) is 0 Å². The van der Waals surface area contributed by atoms with Crippen molar-refractivity contribution in [3.63, 3.8) is 0 Å². The normalized spacial score (nSPS) is 9.41. The maximum Gasteiger partial charge on any atom is 0.335 e. The van der Waals surface area contributed by atoms with Crippen LogP contribution in [0.4, 0.5) is 0 Å². The zero-order valence-electron chi connectivity index (χ0n) is 11.2. The minimum absolute atomic E-state index is 0.420. The zero-order chi connectivity index (χ0) is 13.3. The Morgan fingerprint density at radius 1 is 1.24 bits per heavy atom. The first-order valence-electron chi connectivity index (χ1n) is 6.10. The summed E-state index contributed by atoms with van der Waals surface area (Å²) in [5.74, 6) is -0.841. The summed E-state index contributed by atoms with van der Waals surface area (Å²) in [4.78, 5) is 10.7. The summed E-state index contributed by atoms with van der Waals surface area (Å²) in [5.41, 5.74) is 2.43. The van der Waals surface area contributed by atoms with Gasteiger partial charge in [0.15, 0.2) is 0 Å². The number of carboxylic acids is 1. The first kappa shape index (κ1) is 15.7.